The van der Waals surface area contributed by atoms with E-state index in [1.54, 1.807) is 6.07 Å². The van der Waals surface area contributed by atoms with Crippen LogP contribution in [0.1, 0.15) is 136 Å². The first-order valence-corrected chi connectivity index (χ1v) is 19.4. The maximum Gasteiger partial charge on any atom is 0.161 e. The number of aromatic hydroxyl groups is 1. The summed E-state index contributed by atoms with van der Waals surface area (Å²) in [7, 11) is 0. The predicted molar refractivity (Wildman–Crippen MR) is 194 cm³/mol. The van der Waals surface area contributed by atoms with E-state index in [0.29, 0.717) is 36.8 Å². The van der Waals surface area contributed by atoms with Crippen LogP contribution in [0.4, 0.5) is 0 Å². The number of ether oxygens (including phenoxy) is 1. The van der Waals surface area contributed by atoms with E-state index in [-0.39, 0.29) is 24.5 Å². The molecule has 6 N–H and O–H groups in total. The molecule has 3 aliphatic rings. The standard InChI is InChI=1S/C41H61N3O5/c1-3-4-13-40-30(25-45)21-32(49-40)17-14-28-15-19-39(47)41(20-28)48-26-38(43-31-10-6-5-7-11-31)37-22-34-35(24-42-23-27(2)46)33-12-8-9-29(33)16-18-36(34)44-37/h15,19-22,27,29,31,33,35,38,42-47H,3-14,16-18,23-26H2,1-2H3/t27-,29-,33-,35-,38-/m0/s1. The number of aromatic amines is 1. The minimum atomic E-state index is -0.352. The van der Waals surface area contributed by atoms with Crippen molar-refractivity contribution in [3.05, 3.63) is 69.9 Å². The number of hydrogen-bond acceptors (Lipinski definition) is 7. The van der Waals surface area contributed by atoms with Crippen molar-refractivity contribution in [1.82, 2.24) is 15.6 Å². The van der Waals surface area contributed by atoms with Gasteiger partial charge in [0.2, 0.25) is 0 Å². The SMILES string of the molecule is CCCCc1oc(CCc2ccc(O)c(OC[C@H](NC3CCCCC3)c3cc4c([nH]3)CC[C@@H]3CCC[C@@H]3[C@@H]4CNC[C@H](C)O)c2)cc1CO. The Labute approximate surface area is 293 Å². The van der Waals surface area contributed by atoms with Crippen LogP contribution in [0, 0.1) is 11.8 Å². The fraction of sp³-hybridized carbons (Fsp3) is 0.659. The lowest BCUT2D eigenvalue weighted by atomic mass is 9.80. The quantitative estimate of drug-likeness (QED) is 0.0882. The number of fused-ring (bicyclic) bond motifs is 2. The summed E-state index contributed by atoms with van der Waals surface area (Å²) >= 11 is 0. The van der Waals surface area contributed by atoms with E-state index >= 15 is 0 Å². The van der Waals surface area contributed by atoms with E-state index in [4.69, 9.17) is 9.15 Å². The van der Waals surface area contributed by atoms with Crippen LogP contribution in [-0.2, 0) is 32.3 Å². The smallest absolute Gasteiger partial charge is 0.161 e. The molecular weight excluding hydrogens is 614 g/mol. The molecule has 8 heteroatoms. The van der Waals surface area contributed by atoms with Crippen LogP contribution in [0.15, 0.2) is 34.7 Å². The lowest BCUT2D eigenvalue weighted by molar-refractivity contribution is 0.188. The van der Waals surface area contributed by atoms with Gasteiger partial charge in [0.05, 0.1) is 18.8 Å². The third-order valence-corrected chi connectivity index (χ3v) is 11.5. The molecule has 0 spiro atoms. The molecule has 0 unspecified atom stereocenters. The Kier molecular flexibility index (Phi) is 12.8. The summed E-state index contributed by atoms with van der Waals surface area (Å²) in [5.41, 5.74) is 5.96. The summed E-state index contributed by atoms with van der Waals surface area (Å²) in [5, 5.41) is 38.2. The number of aromatic nitrogens is 1. The molecule has 1 aromatic carbocycles. The van der Waals surface area contributed by atoms with E-state index < -0.39 is 0 Å². The van der Waals surface area contributed by atoms with Gasteiger partial charge >= 0.3 is 0 Å². The van der Waals surface area contributed by atoms with Crippen LogP contribution in [0.3, 0.4) is 0 Å². The number of unbranched alkanes of at least 4 members (excludes halogenated alkanes) is 1. The van der Waals surface area contributed by atoms with Gasteiger partial charge in [-0.05, 0) is 99.1 Å². The molecule has 270 valence electrons. The molecule has 49 heavy (non-hydrogen) atoms. The predicted octanol–water partition coefficient (Wildman–Crippen LogP) is 7.39. The average molecular weight is 676 g/mol. The molecule has 0 aliphatic heterocycles. The van der Waals surface area contributed by atoms with E-state index in [1.807, 2.05) is 25.1 Å². The molecule has 2 saturated carbocycles. The fourth-order valence-electron chi connectivity index (χ4n) is 8.87. The second-order valence-electron chi connectivity index (χ2n) is 15.3. The van der Waals surface area contributed by atoms with Crippen molar-refractivity contribution < 1.29 is 24.5 Å². The highest BCUT2D eigenvalue weighted by Crippen LogP contribution is 2.47. The van der Waals surface area contributed by atoms with Crippen molar-refractivity contribution in [3.8, 4) is 11.5 Å². The maximum absolute atomic E-state index is 10.9. The zero-order chi connectivity index (χ0) is 34.2. The number of H-pyrrole nitrogens is 1. The summed E-state index contributed by atoms with van der Waals surface area (Å²) in [4.78, 5) is 3.90. The zero-order valence-corrected chi connectivity index (χ0v) is 29.9. The van der Waals surface area contributed by atoms with Gasteiger partial charge in [0.25, 0.3) is 0 Å². The summed E-state index contributed by atoms with van der Waals surface area (Å²) < 4.78 is 12.6. The van der Waals surface area contributed by atoms with Gasteiger partial charge in [-0.1, -0.05) is 51.5 Å². The first-order chi connectivity index (χ1) is 23.9. The second-order valence-corrected chi connectivity index (χ2v) is 15.3. The summed E-state index contributed by atoms with van der Waals surface area (Å²) in [6.45, 7) is 5.95. The van der Waals surface area contributed by atoms with E-state index in [9.17, 15) is 15.3 Å². The molecule has 6 rings (SSSR count). The minimum Gasteiger partial charge on any atom is -0.504 e. The molecule has 2 aromatic heterocycles. The maximum atomic E-state index is 10.9. The van der Waals surface area contributed by atoms with E-state index in [0.717, 1.165) is 73.6 Å². The van der Waals surface area contributed by atoms with Crippen molar-refractivity contribution in [2.24, 2.45) is 11.8 Å². The van der Waals surface area contributed by atoms with Gasteiger partial charge in [-0.25, -0.2) is 0 Å². The Hall–Kier alpha value is -2.78. The normalized spacial score (nSPS) is 22.4. The second kappa shape index (κ2) is 17.4. The highest BCUT2D eigenvalue weighted by atomic mass is 16.5. The van der Waals surface area contributed by atoms with Crippen LogP contribution in [-0.4, -0.2) is 52.1 Å². The number of benzene rings is 1. The largest absolute Gasteiger partial charge is 0.504 e. The Bertz CT molecular complexity index is 1460. The molecule has 0 saturated heterocycles. The lowest BCUT2D eigenvalue weighted by Gasteiger charge is -2.29. The molecule has 2 fully saturated rings. The monoisotopic (exact) mass is 675 g/mol. The summed E-state index contributed by atoms with van der Waals surface area (Å²) in [6, 6.07) is 10.5. The molecule has 2 heterocycles. The Morgan fingerprint density at radius 1 is 1.00 bits per heavy atom. The Morgan fingerprint density at radius 2 is 1.86 bits per heavy atom. The lowest BCUT2D eigenvalue weighted by Crippen LogP contribution is -2.37. The molecule has 3 aliphatic carbocycles. The number of hydrogen-bond donors (Lipinski definition) is 6. The van der Waals surface area contributed by atoms with Crippen molar-refractivity contribution in [2.75, 3.05) is 19.7 Å². The summed E-state index contributed by atoms with van der Waals surface area (Å²) in [6.07, 6.45) is 16.5. The van der Waals surface area contributed by atoms with Gasteiger partial charge in [-0.3, -0.25) is 0 Å². The van der Waals surface area contributed by atoms with Crippen molar-refractivity contribution in [3.63, 3.8) is 0 Å². The highest BCUT2D eigenvalue weighted by molar-refractivity contribution is 5.42. The summed E-state index contributed by atoms with van der Waals surface area (Å²) in [5.74, 6) is 4.36. The zero-order valence-electron chi connectivity index (χ0n) is 29.9. The third kappa shape index (κ3) is 9.32. The Balaban J connectivity index is 1.18. The molecule has 0 bridgehead atoms. The first-order valence-electron chi connectivity index (χ1n) is 19.4. The number of aliphatic hydroxyl groups excluding tert-OH is 2. The molecule has 0 amide bonds. The van der Waals surface area contributed by atoms with Crippen LogP contribution >= 0.6 is 0 Å². The van der Waals surface area contributed by atoms with Crippen molar-refractivity contribution >= 4 is 0 Å². The third-order valence-electron chi connectivity index (χ3n) is 11.5. The molecular formula is C41H61N3O5. The van der Waals surface area contributed by atoms with Crippen LogP contribution in [0.5, 0.6) is 11.5 Å². The number of aryl methyl sites for hydroxylation is 4. The van der Waals surface area contributed by atoms with Gasteiger partial charge in [0.1, 0.15) is 18.1 Å². The topological polar surface area (TPSA) is 123 Å². The molecule has 8 nitrogen and oxygen atoms in total. The fourth-order valence-corrected chi connectivity index (χ4v) is 8.87. The molecule has 5 atom stereocenters. The average Bonchev–Trinajstić information content (AvgIpc) is 3.84. The number of furan rings is 1. The van der Waals surface area contributed by atoms with Crippen molar-refractivity contribution in [2.45, 2.75) is 141 Å². The van der Waals surface area contributed by atoms with Crippen LogP contribution < -0.4 is 15.4 Å². The number of phenols is 1. The van der Waals surface area contributed by atoms with Gasteiger partial charge < -0.3 is 40.1 Å². The molecule has 0 radical (unpaired) electrons. The Morgan fingerprint density at radius 3 is 2.65 bits per heavy atom. The van der Waals surface area contributed by atoms with Crippen LogP contribution in [0.2, 0.25) is 0 Å². The van der Waals surface area contributed by atoms with Crippen LogP contribution in [0.25, 0.3) is 0 Å². The van der Waals surface area contributed by atoms with Crippen molar-refractivity contribution in [1.29, 1.82) is 0 Å². The van der Waals surface area contributed by atoms with Gasteiger partial charge in [0, 0.05) is 54.8 Å². The number of phenolic OH excluding ortho intramolecular Hbond substituents is 1. The van der Waals surface area contributed by atoms with Gasteiger partial charge in [0.15, 0.2) is 11.5 Å². The number of nitrogens with one attached hydrogen (secondary N) is 3. The highest BCUT2D eigenvalue weighted by Gasteiger charge is 2.38. The van der Waals surface area contributed by atoms with Gasteiger partial charge in [-0.2, -0.15) is 0 Å². The molecule has 3 aromatic rings. The van der Waals surface area contributed by atoms with E-state index in [2.05, 4.69) is 28.6 Å². The number of aliphatic hydroxyl groups is 2. The van der Waals surface area contributed by atoms with E-state index in [1.165, 1.54) is 74.7 Å². The number of rotatable bonds is 17. The first kappa shape index (κ1) is 36.0. The van der Waals surface area contributed by atoms with Gasteiger partial charge in [-0.15, -0.1) is 0 Å². The minimum absolute atomic E-state index is 0.00123.